The summed E-state index contributed by atoms with van der Waals surface area (Å²) >= 11 is 6.15. The number of benzene rings is 2. The Hall–Kier alpha value is -2.29. The van der Waals surface area contributed by atoms with Crippen molar-refractivity contribution in [1.82, 2.24) is 9.62 Å². The second kappa shape index (κ2) is 10.3. The number of anilines is 1. The molecule has 0 unspecified atom stereocenters. The molecule has 5 aliphatic rings. The van der Waals surface area contributed by atoms with Crippen LogP contribution < -0.4 is 15.0 Å². The van der Waals surface area contributed by atoms with Crippen LogP contribution in [0.5, 0.6) is 5.75 Å². The predicted octanol–water partition coefficient (Wildman–Crippen LogP) is 5.19. The molecule has 1 aliphatic heterocycles. The second-order valence-electron chi connectivity index (χ2n) is 12.2. The molecule has 0 aromatic heterocycles. The molecule has 4 aliphatic carbocycles. The minimum absolute atomic E-state index is 0.0383. The van der Waals surface area contributed by atoms with E-state index in [9.17, 15) is 13.2 Å². The van der Waals surface area contributed by atoms with Crippen LogP contribution in [0.1, 0.15) is 55.8 Å². The molecule has 1 saturated heterocycles. The van der Waals surface area contributed by atoms with Gasteiger partial charge in [-0.2, -0.15) is 4.31 Å². The standard InChI is InChI=1S/C30H38ClN3O4S/c1-20(30-17-21-12-22(18-30)14-23(13-21)19-30)32-29(35)24-6-7-27(38-2)28(15-24)39(36,37)34-10-8-33(9-11-34)26-5-3-4-25(31)16-26/h3-7,15-16,20-23H,8-14,17-19H2,1-2H3,(H,32,35)/t20-,21?,22?,23?,30?/m1/s1. The van der Waals surface area contributed by atoms with Gasteiger partial charge in [-0.3, -0.25) is 4.79 Å². The number of hydrogen-bond donors (Lipinski definition) is 1. The number of carbonyl (C=O) groups is 1. The maximum Gasteiger partial charge on any atom is 0.251 e. The van der Waals surface area contributed by atoms with Crippen LogP contribution in [0, 0.1) is 23.2 Å². The number of halogens is 1. The number of piperazine rings is 1. The first-order valence-electron chi connectivity index (χ1n) is 14.2. The summed E-state index contributed by atoms with van der Waals surface area (Å²) in [4.78, 5) is 15.6. The Balaban J connectivity index is 1.17. The molecule has 2 aromatic carbocycles. The molecule has 7 nitrogen and oxygen atoms in total. The summed E-state index contributed by atoms with van der Waals surface area (Å²) in [5, 5.41) is 3.92. The van der Waals surface area contributed by atoms with Crippen molar-refractivity contribution in [3.05, 3.63) is 53.1 Å². The van der Waals surface area contributed by atoms with E-state index in [1.54, 1.807) is 12.1 Å². The number of carbonyl (C=O) groups excluding carboxylic acids is 1. The molecule has 1 N–H and O–H groups in total. The largest absolute Gasteiger partial charge is 0.495 e. The van der Waals surface area contributed by atoms with Crippen molar-refractivity contribution in [1.29, 1.82) is 0 Å². The van der Waals surface area contributed by atoms with Crippen LogP contribution in [0.2, 0.25) is 5.02 Å². The first-order valence-corrected chi connectivity index (χ1v) is 16.0. The van der Waals surface area contributed by atoms with Gasteiger partial charge in [0, 0.05) is 48.5 Å². The van der Waals surface area contributed by atoms with Gasteiger partial charge in [-0.15, -0.1) is 0 Å². The molecule has 0 spiro atoms. The van der Waals surface area contributed by atoms with Gasteiger partial charge in [0.05, 0.1) is 7.11 Å². The molecule has 9 heteroatoms. The van der Waals surface area contributed by atoms with Crippen LogP contribution >= 0.6 is 11.6 Å². The summed E-state index contributed by atoms with van der Waals surface area (Å²) in [5.41, 5.74) is 1.50. The summed E-state index contributed by atoms with van der Waals surface area (Å²) in [6.45, 7) is 3.90. The number of hydrogen-bond acceptors (Lipinski definition) is 5. The monoisotopic (exact) mass is 571 g/mol. The highest BCUT2D eigenvalue weighted by molar-refractivity contribution is 7.89. The van der Waals surface area contributed by atoms with E-state index < -0.39 is 10.0 Å². The van der Waals surface area contributed by atoms with Crippen LogP contribution in [-0.2, 0) is 10.0 Å². The summed E-state index contributed by atoms with van der Waals surface area (Å²) in [6.07, 6.45) is 7.66. The number of ether oxygens (including phenoxy) is 1. The van der Waals surface area contributed by atoms with E-state index in [0.29, 0.717) is 36.8 Å². The van der Waals surface area contributed by atoms with Gasteiger partial charge in [-0.25, -0.2) is 8.42 Å². The molecule has 39 heavy (non-hydrogen) atoms. The Bertz CT molecular complexity index is 1320. The van der Waals surface area contributed by atoms with E-state index in [1.807, 2.05) is 24.3 Å². The summed E-state index contributed by atoms with van der Waals surface area (Å²) in [7, 11) is -2.41. The molecule has 4 saturated carbocycles. The van der Waals surface area contributed by atoms with E-state index >= 15 is 0 Å². The number of nitrogens with one attached hydrogen (secondary N) is 1. The second-order valence-corrected chi connectivity index (χ2v) is 14.6. The zero-order valence-electron chi connectivity index (χ0n) is 22.7. The Morgan fingerprint density at radius 1 is 1.00 bits per heavy atom. The van der Waals surface area contributed by atoms with Crippen molar-refractivity contribution in [2.75, 3.05) is 38.2 Å². The third kappa shape index (κ3) is 5.04. The Labute approximate surface area is 236 Å². The van der Waals surface area contributed by atoms with Crippen LogP contribution in [0.4, 0.5) is 5.69 Å². The van der Waals surface area contributed by atoms with Crippen molar-refractivity contribution < 1.29 is 17.9 Å². The fraction of sp³-hybridized carbons (Fsp3) is 0.567. The van der Waals surface area contributed by atoms with Gasteiger partial charge >= 0.3 is 0 Å². The maximum atomic E-state index is 13.8. The quantitative estimate of drug-likeness (QED) is 0.494. The average Bonchev–Trinajstić information content (AvgIpc) is 2.92. The minimum atomic E-state index is -3.86. The molecule has 4 bridgehead atoms. The average molecular weight is 572 g/mol. The number of rotatable bonds is 7. The van der Waals surface area contributed by atoms with Crippen molar-refractivity contribution in [2.45, 2.75) is 56.4 Å². The molecule has 1 atom stereocenters. The van der Waals surface area contributed by atoms with E-state index in [2.05, 4.69) is 17.1 Å². The fourth-order valence-electron chi connectivity index (χ4n) is 8.16. The van der Waals surface area contributed by atoms with Gasteiger partial charge in [0.25, 0.3) is 5.91 Å². The van der Waals surface area contributed by atoms with Gasteiger partial charge in [0.2, 0.25) is 10.0 Å². The normalized spacial score (nSPS) is 29.3. The third-order valence-electron chi connectivity index (χ3n) is 9.81. The Morgan fingerprint density at radius 3 is 2.23 bits per heavy atom. The van der Waals surface area contributed by atoms with Crippen LogP contribution in [0.25, 0.3) is 0 Å². The van der Waals surface area contributed by atoms with Gasteiger partial charge in [0.15, 0.2) is 0 Å². The molecule has 5 fully saturated rings. The van der Waals surface area contributed by atoms with Gasteiger partial charge in [-0.1, -0.05) is 17.7 Å². The van der Waals surface area contributed by atoms with E-state index in [-0.39, 0.29) is 28.0 Å². The van der Waals surface area contributed by atoms with Crippen molar-refractivity contribution in [3.63, 3.8) is 0 Å². The predicted molar refractivity (Wildman–Crippen MR) is 153 cm³/mol. The van der Waals surface area contributed by atoms with Crippen LogP contribution in [0.15, 0.2) is 47.4 Å². The Morgan fingerprint density at radius 2 is 1.64 bits per heavy atom. The van der Waals surface area contributed by atoms with Gasteiger partial charge < -0.3 is 15.0 Å². The highest BCUT2D eigenvalue weighted by Gasteiger charge is 2.53. The SMILES string of the molecule is COc1ccc(C(=O)N[C@H](C)C23CC4CC(CC(C4)C2)C3)cc1S(=O)(=O)N1CCN(c2cccc(Cl)c2)CC1. The van der Waals surface area contributed by atoms with Crippen LogP contribution in [-0.4, -0.2) is 58.0 Å². The summed E-state index contributed by atoms with van der Waals surface area (Å²) in [5.74, 6) is 2.43. The van der Waals surface area contributed by atoms with Gasteiger partial charge in [-0.05, 0) is 105 Å². The molecule has 2 aromatic rings. The minimum Gasteiger partial charge on any atom is -0.495 e. The number of nitrogens with zero attached hydrogens (tertiary/aromatic N) is 2. The maximum absolute atomic E-state index is 13.8. The smallest absolute Gasteiger partial charge is 0.251 e. The zero-order valence-corrected chi connectivity index (χ0v) is 24.3. The molecular formula is C30H38ClN3O4S. The molecular weight excluding hydrogens is 534 g/mol. The molecule has 1 amide bonds. The van der Waals surface area contributed by atoms with E-state index in [1.165, 1.54) is 56.0 Å². The molecule has 1 heterocycles. The lowest BCUT2D eigenvalue weighted by molar-refractivity contribution is -0.0688. The van der Waals surface area contributed by atoms with E-state index in [0.717, 1.165) is 23.4 Å². The Kier molecular flexibility index (Phi) is 7.09. The van der Waals surface area contributed by atoms with Crippen molar-refractivity contribution in [3.8, 4) is 5.75 Å². The first kappa shape index (κ1) is 26.9. The molecule has 0 radical (unpaired) electrons. The topological polar surface area (TPSA) is 78.9 Å². The highest BCUT2D eigenvalue weighted by Crippen LogP contribution is 2.61. The molecule has 7 rings (SSSR count). The molecule has 210 valence electrons. The van der Waals surface area contributed by atoms with E-state index in [4.69, 9.17) is 16.3 Å². The lowest BCUT2D eigenvalue weighted by Crippen LogP contribution is -2.55. The lowest BCUT2D eigenvalue weighted by atomic mass is 9.48. The summed E-state index contributed by atoms with van der Waals surface area (Å²) < 4.78 is 34.5. The van der Waals surface area contributed by atoms with Crippen LogP contribution in [0.3, 0.4) is 0 Å². The fourth-order valence-corrected chi connectivity index (χ4v) is 9.95. The third-order valence-corrected chi connectivity index (χ3v) is 12.0. The van der Waals surface area contributed by atoms with Gasteiger partial charge in [0.1, 0.15) is 10.6 Å². The summed E-state index contributed by atoms with van der Waals surface area (Å²) in [6, 6.07) is 12.4. The number of amides is 1. The number of sulfonamides is 1. The first-order chi connectivity index (χ1) is 18.7. The number of methoxy groups -OCH3 is 1. The lowest BCUT2D eigenvalue weighted by Gasteiger charge is -2.59. The zero-order chi connectivity index (χ0) is 27.4. The highest BCUT2D eigenvalue weighted by atomic mass is 35.5. The van der Waals surface area contributed by atoms with Crippen molar-refractivity contribution >= 4 is 33.2 Å². The van der Waals surface area contributed by atoms with Crippen molar-refractivity contribution in [2.24, 2.45) is 23.2 Å².